The Balaban J connectivity index is 1.59. The minimum absolute atomic E-state index is 0.0830. The van der Waals surface area contributed by atoms with Crippen molar-refractivity contribution >= 4 is 5.82 Å². The van der Waals surface area contributed by atoms with Crippen LogP contribution in [0.2, 0.25) is 0 Å². The molecule has 7 heteroatoms. The second kappa shape index (κ2) is 7.05. The number of pyridine rings is 2. The van der Waals surface area contributed by atoms with E-state index in [9.17, 15) is 4.79 Å². The summed E-state index contributed by atoms with van der Waals surface area (Å²) in [7, 11) is 1.87. The normalized spacial score (nSPS) is 14.0. The molecule has 4 rings (SSSR count). The summed E-state index contributed by atoms with van der Waals surface area (Å²) in [6, 6.07) is 9.57. The highest BCUT2D eigenvalue weighted by Crippen LogP contribution is 2.20. The van der Waals surface area contributed by atoms with Crippen LogP contribution in [0.3, 0.4) is 0 Å². The highest BCUT2D eigenvalue weighted by molar-refractivity contribution is 5.49. The second-order valence-electron chi connectivity index (χ2n) is 6.28. The molecule has 3 aromatic heterocycles. The summed E-state index contributed by atoms with van der Waals surface area (Å²) in [5.41, 5.74) is 3.33. The van der Waals surface area contributed by atoms with Gasteiger partial charge in [0.15, 0.2) is 5.82 Å². The summed E-state index contributed by atoms with van der Waals surface area (Å²) < 4.78 is 0. The monoisotopic (exact) mass is 348 g/mol. The summed E-state index contributed by atoms with van der Waals surface area (Å²) in [4.78, 5) is 31.0. The molecular formula is C19H20N6O. The maximum Gasteiger partial charge on any atom is 0.255 e. The van der Waals surface area contributed by atoms with E-state index in [1.54, 1.807) is 12.4 Å². The third kappa shape index (κ3) is 3.21. The van der Waals surface area contributed by atoms with Crippen LogP contribution in [-0.4, -0.2) is 38.4 Å². The van der Waals surface area contributed by atoms with E-state index in [-0.39, 0.29) is 5.56 Å². The van der Waals surface area contributed by atoms with Gasteiger partial charge in [0.1, 0.15) is 11.5 Å². The van der Waals surface area contributed by atoms with Crippen molar-refractivity contribution in [3.8, 4) is 11.5 Å². The third-order valence-electron chi connectivity index (χ3n) is 4.58. The van der Waals surface area contributed by atoms with Crippen LogP contribution in [0.25, 0.3) is 11.5 Å². The summed E-state index contributed by atoms with van der Waals surface area (Å²) >= 11 is 0. The molecule has 0 aliphatic carbocycles. The molecule has 0 saturated heterocycles. The largest absolute Gasteiger partial charge is 0.373 e. The van der Waals surface area contributed by atoms with Crippen molar-refractivity contribution in [2.75, 3.05) is 18.9 Å². The zero-order chi connectivity index (χ0) is 17.9. The molecule has 7 nitrogen and oxygen atoms in total. The smallest absolute Gasteiger partial charge is 0.255 e. The minimum atomic E-state index is -0.0830. The van der Waals surface area contributed by atoms with E-state index >= 15 is 0 Å². The van der Waals surface area contributed by atoms with Crippen LogP contribution in [0.5, 0.6) is 0 Å². The van der Waals surface area contributed by atoms with Gasteiger partial charge >= 0.3 is 0 Å². The molecule has 0 atom stereocenters. The fourth-order valence-electron chi connectivity index (χ4n) is 3.27. The van der Waals surface area contributed by atoms with Crippen molar-refractivity contribution < 1.29 is 0 Å². The molecule has 0 amide bonds. The Morgan fingerprint density at radius 2 is 2.08 bits per heavy atom. The first kappa shape index (κ1) is 16.4. The van der Waals surface area contributed by atoms with E-state index in [1.165, 1.54) is 0 Å². The number of hydrogen-bond acceptors (Lipinski definition) is 6. The summed E-state index contributed by atoms with van der Waals surface area (Å²) in [6.45, 7) is 2.17. The lowest BCUT2D eigenvalue weighted by molar-refractivity contribution is 0.242. The Morgan fingerprint density at radius 1 is 1.19 bits per heavy atom. The summed E-state index contributed by atoms with van der Waals surface area (Å²) in [5.74, 6) is 1.41. The van der Waals surface area contributed by atoms with E-state index in [0.717, 1.165) is 42.1 Å². The molecule has 26 heavy (non-hydrogen) atoms. The van der Waals surface area contributed by atoms with Gasteiger partial charge in [0.25, 0.3) is 5.56 Å². The second-order valence-corrected chi connectivity index (χ2v) is 6.28. The first-order valence-corrected chi connectivity index (χ1v) is 8.62. The fraction of sp³-hybridized carbons (Fsp3) is 0.263. The van der Waals surface area contributed by atoms with E-state index in [1.807, 2.05) is 31.3 Å². The average Bonchev–Trinajstić information content (AvgIpc) is 2.69. The molecule has 0 saturated carbocycles. The number of nitrogens with zero attached hydrogens (tertiary/aromatic N) is 4. The van der Waals surface area contributed by atoms with Gasteiger partial charge in [0, 0.05) is 51.1 Å². The van der Waals surface area contributed by atoms with Crippen LogP contribution in [0.1, 0.15) is 16.8 Å². The Kier molecular flexibility index (Phi) is 4.45. The van der Waals surface area contributed by atoms with Gasteiger partial charge in [-0.1, -0.05) is 12.1 Å². The van der Waals surface area contributed by atoms with Crippen LogP contribution in [-0.2, 0) is 19.5 Å². The standard InChI is InChI=1S/C19H20N6O/c1-20-17-13(5-4-9-22-17)11-25-10-7-15-14(12-25)19(26)24-18(23-15)16-6-2-3-8-21-16/h2-6,8-9H,7,10-12H2,1H3,(H,20,22)(H,23,24,26). The SMILES string of the molecule is CNc1ncccc1CN1CCc2nc(-c3ccccn3)[nH]c(=O)c2C1. The summed E-state index contributed by atoms with van der Waals surface area (Å²) in [6.07, 6.45) is 4.21. The van der Waals surface area contributed by atoms with Crippen LogP contribution in [0.15, 0.2) is 47.5 Å². The predicted octanol–water partition coefficient (Wildman–Crippen LogP) is 1.83. The number of anilines is 1. The molecule has 3 aromatic rings. The number of hydrogen-bond donors (Lipinski definition) is 2. The number of aromatic nitrogens is 4. The van der Waals surface area contributed by atoms with Crippen molar-refractivity contribution in [2.24, 2.45) is 0 Å². The molecule has 0 radical (unpaired) electrons. The van der Waals surface area contributed by atoms with Crippen molar-refractivity contribution in [1.29, 1.82) is 0 Å². The first-order valence-electron chi connectivity index (χ1n) is 8.62. The average molecular weight is 348 g/mol. The van der Waals surface area contributed by atoms with Gasteiger partial charge < -0.3 is 10.3 Å². The highest BCUT2D eigenvalue weighted by atomic mass is 16.1. The van der Waals surface area contributed by atoms with Crippen LogP contribution in [0, 0.1) is 0 Å². The van der Waals surface area contributed by atoms with Crippen LogP contribution < -0.4 is 10.9 Å². The van der Waals surface area contributed by atoms with Gasteiger partial charge in [-0.05, 0) is 18.2 Å². The molecule has 0 bridgehead atoms. The van der Waals surface area contributed by atoms with E-state index in [0.29, 0.717) is 18.1 Å². The molecular weight excluding hydrogens is 328 g/mol. The van der Waals surface area contributed by atoms with Gasteiger partial charge in [-0.3, -0.25) is 14.7 Å². The Hall–Kier alpha value is -3.06. The molecule has 1 aliphatic rings. The van der Waals surface area contributed by atoms with Crippen molar-refractivity contribution in [3.05, 3.63) is 69.9 Å². The van der Waals surface area contributed by atoms with Crippen molar-refractivity contribution in [3.63, 3.8) is 0 Å². The molecule has 0 fully saturated rings. The molecule has 4 heterocycles. The van der Waals surface area contributed by atoms with Crippen molar-refractivity contribution in [2.45, 2.75) is 19.5 Å². The molecule has 2 N–H and O–H groups in total. The van der Waals surface area contributed by atoms with Gasteiger partial charge in [0.2, 0.25) is 0 Å². The fourth-order valence-corrected chi connectivity index (χ4v) is 3.27. The van der Waals surface area contributed by atoms with Crippen molar-refractivity contribution in [1.82, 2.24) is 24.8 Å². The van der Waals surface area contributed by atoms with Gasteiger partial charge in [-0.25, -0.2) is 9.97 Å². The molecule has 0 unspecified atom stereocenters. The number of aromatic amines is 1. The lowest BCUT2D eigenvalue weighted by atomic mass is 10.1. The Labute approximate surface area is 151 Å². The Morgan fingerprint density at radius 3 is 2.88 bits per heavy atom. The topological polar surface area (TPSA) is 86.8 Å². The lowest BCUT2D eigenvalue weighted by Crippen LogP contribution is -2.35. The van der Waals surface area contributed by atoms with Crippen LogP contribution >= 0.6 is 0 Å². The molecule has 0 spiro atoms. The van der Waals surface area contributed by atoms with Gasteiger partial charge in [-0.2, -0.15) is 0 Å². The van der Waals surface area contributed by atoms with Crippen LogP contribution in [0.4, 0.5) is 5.82 Å². The maximum atomic E-state index is 12.6. The minimum Gasteiger partial charge on any atom is -0.373 e. The molecule has 132 valence electrons. The number of nitrogens with one attached hydrogen (secondary N) is 2. The third-order valence-corrected chi connectivity index (χ3v) is 4.58. The van der Waals surface area contributed by atoms with Gasteiger partial charge in [0.05, 0.1) is 11.3 Å². The van der Waals surface area contributed by atoms with Gasteiger partial charge in [-0.15, -0.1) is 0 Å². The molecule has 1 aliphatic heterocycles. The number of H-pyrrole nitrogens is 1. The summed E-state index contributed by atoms with van der Waals surface area (Å²) in [5, 5.41) is 3.12. The highest BCUT2D eigenvalue weighted by Gasteiger charge is 2.22. The van der Waals surface area contributed by atoms with E-state index < -0.39 is 0 Å². The first-order chi connectivity index (χ1) is 12.7. The number of fused-ring (bicyclic) bond motifs is 1. The zero-order valence-electron chi connectivity index (χ0n) is 14.6. The van der Waals surface area contributed by atoms with E-state index in [4.69, 9.17) is 0 Å². The predicted molar refractivity (Wildman–Crippen MR) is 99.7 cm³/mol. The maximum absolute atomic E-state index is 12.6. The lowest BCUT2D eigenvalue weighted by Gasteiger charge is -2.28. The quantitative estimate of drug-likeness (QED) is 0.748. The Bertz CT molecular complexity index is 969. The van der Waals surface area contributed by atoms with E-state index in [2.05, 4.69) is 36.2 Å². The molecule has 0 aromatic carbocycles. The zero-order valence-corrected chi connectivity index (χ0v) is 14.6. The number of rotatable bonds is 4.